The van der Waals surface area contributed by atoms with E-state index in [0.29, 0.717) is 33.8 Å². The van der Waals surface area contributed by atoms with Gasteiger partial charge in [-0.15, -0.1) is 13.2 Å². The summed E-state index contributed by atoms with van der Waals surface area (Å²) in [6.45, 7) is -0.424. The maximum absolute atomic E-state index is 13.5. The van der Waals surface area contributed by atoms with E-state index in [1.165, 1.54) is 48.5 Å². The van der Waals surface area contributed by atoms with Gasteiger partial charge in [0.2, 0.25) is 5.91 Å². The van der Waals surface area contributed by atoms with Crippen molar-refractivity contribution < 1.29 is 46.9 Å². The number of nitrogens with zero attached hydrogens (tertiary/aromatic N) is 4. The smallest absolute Gasteiger partial charge is 0.465 e. The van der Waals surface area contributed by atoms with E-state index in [-0.39, 0.29) is 16.9 Å². The van der Waals surface area contributed by atoms with Crippen molar-refractivity contribution >= 4 is 29.8 Å². The molecule has 0 spiro atoms. The van der Waals surface area contributed by atoms with Gasteiger partial charge in [-0.1, -0.05) is 24.3 Å². The van der Waals surface area contributed by atoms with Gasteiger partial charge in [0.25, 0.3) is 5.91 Å². The zero-order valence-corrected chi connectivity index (χ0v) is 21.8. The number of hydrogen-bond donors (Lipinski definition) is 1. The van der Waals surface area contributed by atoms with Gasteiger partial charge >= 0.3 is 18.5 Å². The van der Waals surface area contributed by atoms with E-state index >= 15 is 0 Å². The van der Waals surface area contributed by atoms with Crippen LogP contribution in [0.15, 0.2) is 60.7 Å². The zero-order chi connectivity index (χ0) is 30.6. The highest BCUT2D eigenvalue weighted by molar-refractivity contribution is 6.13. The first-order valence-corrected chi connectivity index (χ1v) is 12.2. The quantitative estimate of drug-likeness (QED) is 0.389. The van der Waals surface area contributed by atoms with Crippen LogP contribution in [0.25, 0.3) is 11.1 Å². The van der Waals surface area contributed by atoms with E-state index in [1.54, 1.807) is 0 Å². The van der Waals surface area contributed by atoms with Gasteiger partial charge in [0.05, 0.1) is 25.3 Å². The Morgan fingerprint density at radius 3 is 2.19 bits per heavy atom. The second kappa shape index (κ2) is 12.0. The molecule has 0 unspecified atom stereocenters. The molecule has 11 nitrogen and oxygen atoms in total. The van der Waals surface area contributed by atoms with E-state index in [1.807, 2.05) is 6.07 Å². The Bertz CT molecular complexity index is 1560. The molecule has 1 heterocycles. The van der Waals surface area contributed by atoms with Gasteiger partial charge in [0, 0.05) is 5.92 Å². The van der Waals surface area contributed by atoms with Gasteiger partial charge in [-0.2, -0.15) is 10.2 Å². The Morgan fingerprint density at radius 1 is 1.02 bits per heavy atom. The Hall–Kier alpha value is -5.45. The predicted octanol–water partition coefficient (Wildman–Crippen LogP) is 5.35. The molecule has 42 heavy (non-hydrogen) atoms. The van der Waals surface area contributed by atoms with E-state index < -0.39 is 54.3 Å². The van der Waals surface area contributed by atoms with Crippen LogP contribution in [0.5, 0.6) is 5.75 Å². The number of nitriles is 1. The molecule has 0 atom stereocenters. The van der Waals surface area contributed by atoms with Crippen LogP contribution in [-0.4, -0.2) is 52.5 Å². The fraction of sp³-hybridized carbons (Fsp3) is 0.214. The Kier molecular flexibility index (Phi) is 8.41. The Balaban J connectivity index is 1.79. The fourth-order valence-corrected chi connectivity index (χ4v) is 3.89. The summed E-state index contributed by atoms with van der Waals surface area (Å²) in [5.41, 5.74) is 0.581. The summed E-state index contributed by atoms with van der Waals surface area (Å²) in [5.74, 6) is -3.11. The van der Waals surface area contributed by atoms with Crippen molar-refractivity contribution in [1.29, 1.82) is 5.26 Å². The minimum Gasteiger partial charge on any atom is -0.465 e. The zero-order valence-electron chi connectivity index (χ0n) is 21.8. The highest BCUT2D eigenvalue weighted by atomic mass is 19.4. The molecular weight excluding hydrogens is 561 g/mol. The number of pyridine rings is 1. The number of anilines is 1. The van der Waals surface area contributed by atoms with Crippen LogP contribution < -0.4 is 9.64 Å². The molecule has 1 N–H and O–H groups in total. The van der Waals surface area contributed by atoms with E-state index in [0.717, 1.165) is 19.2 Å². The van der Waals surface area contributed by atoms with Crippen LogP contribution in [0.3, 0.4) is 0 Å². The normalized spacial score (nSPS) is 12.5. The lowest BCUT2D eigenvalue weighted by Crippen LogP contribution is -2.39. The lowest BCUT2D eigenvalue weighted by molar-refractivity contribution is -0.274. The van der Waals surface area contributed by atoms with Crippen LogP contribution in [0, 0.1) is 17.2 Å². The molecule has 2 aromatic carbocycles. The van der Waals surface area contributed by atoms with Gasteiger partial charge in [0.15, 0.2) is 0 Å². The number of methoxy groups -OCH3 is 1. The molecule has 14 heteroatoms. The van der Waals surface area contributed by atoms with Crippen molar-refractivity contribution in [3.63, 3.8) is 0 Å². The number of ether oxygens (including phenoxy) is 2. The summed E-state index contributed by atoms with van der Waals surface area (Å²) in [7, 11) is 1.04. The maximum Gasteiger partial charge on any atom is 0.573 e. The number of carbonyl (C=O) groups excluding carboxylic acids is 3. The van der Waals surface area contributed by atoms with Gasteiger partial charge < -0.3 is 14.6 Å². The highest BCUT2D eigenvalue weighted by Gasteiger charge is 2.39. The molecule has 1 aliphatic rings. The van der Waals surface area contributed by atoms with Gasteiger partial charge in [-0.25, -0.2) is 19.5 Å². The lowest BCUT2D eigenvalue weighted by Gasteiger charge is -2.22. The number of aromatic nitrogens is 1. The number of hydrogen-bond acceptors (Lipinski definition) is 8. The standard InChI is InChI=1S/C28H21F3N4O7/c1-41-27(40)35(24(36)19-6-7-19)23-13-20(18-8-10-21(11-9-18)42-28(29,30)31)12-22(33-23)25(37)34(26(38)39)15-17-4-2-16(14-32)3-5-17/h2-5,8-13,19H,6-7,15H2,1H3,(H,38,39). The highest BCUT2D eigenvalue weighted by Crippen LogP contribution is 2.34. The van der Waals surface area contributed by atoms with Crippen LogP contribution >= 0.6 is 0 Å². The molecular formula is C28H21F3N4O7. The first-order valence-electron chi connectivity index (χ1n) is 12.2. The average Bonchev–Trinajstić information content (AvgIpc) is 3.81. The minimum atomic E-state index is -4.93. The lowest BCUT2D eigenvalue weighted by atomic mass is 10.0. The summed E-state index contributed by atoms with van der Waals surface area (Å²) in [6, 6.07) is 14.7. The van der Waals surface area contributed by atoms with Crippen LogP contribution in [0.2, 0.25) is 0 Å². The van der Waals surface area contributed by atoms with Crippen LogP contribution in [0.4, 0.5) is 28.6 Å². The molecule has 1 aliphatic carbocycles. The largest absolute Gasteiger partial charge is 0.573 e. The van der Waals surface area contributed by atoms with Crippen molar-refractivity contribution in [3.05, 3.63) is 77.5 Å². The summed E-state index contributed by atoms with van der Waals surface area (Å²) < 4.78 is 46.5. The monoisotopic (exact) mass is 582 g/mol. The molecule has 0 radical (unpaired) electrons. The molecule has 1 fully saturated rings. The van der Waals surface area contributed by atoms with Gasteiger partial charge in [0.1, 0.15) is 17.3 Å². The number of carbonyl (C=O) groups is 4. The molecule has 0 bridgehead atoms. The number of carboxylic acid groups (broad SMARTS) is 1. The second-order valence-corrected chi connectivity index (χ2v) is 9.07. The first kappa shape index (κ1) is 29.5. The van der Waals surface area contributed by atoms with Crippen LogP contribution in [0.1, 0.15) is 34.5 Å². The third-order valence-electron chi connectivity index (χ3n) is 6.09. The number of amides is 4. The summed E-state index contributed by atoms with van der Waals surface area (Å²) >= 11 is 0. The van der Waals surface area contributed by atoms with Gasteiger partial charge in [-0.05, 0) is 65.9 Å². The molecule has 0 saturated heterocycles. The van der Waals surface area contributed by atoms with Crippen molar-refractivity contribution in [2.24, 2.45) is 5.92 Å². The molecule has 1 aromatic heterocycles. The van der Waals surface area contributed by atoms with Crippen molar-refractivity contribution in [1.82, 2.24) is 9.88 Å². The van der Waals surface area contributed by atoms with E-state index in [4.69, 9.17) is 10.00 Å². The molecule has 4 rings (SSSR count). The van der Waals surface area contributed by atoms with Crippen molar-refractivity contribution in [3.8, 4) is 22.9 Å². The number of imide groups is 2. The molecule has 3 aromatic rings. The number of halogens is 3. The van der Waals surface area contributed by atoms with E-state index in [2.05, 4.69) is 9.72 Å². The Labute approximate surface area is 236 Å². The Morgan fingerprint density at radius 2 is 1.67 bits per heavy atom. The SMILES string of the molecule is COC(=O)N(C(=O)C1CC1)c1cc(-c2ccc(OC(F)(F)F)cc2)cc(C(=O)N(Cc2ccc(C#N)cc2)C(=O)O)n1. The van der Waals surface area contributed by atoms with Crippen LogP contribution in [-0.2, 0) is 16.1 Å². The minimum absolute atomic E-state index is 0.128. The first-order chi connectivity index (χ1) is 19.9. The molecule has 1 saturated carbocycles. The predicted molar refractivity (Wildman–Crippen MR) is 138 cm³/mol. The second-order valence-electron chi connectivity index (χ2n) is 9.07. The third-order valence-corrected chi connectivity index (χ3v) is 6.09. The van der Waals surface area contributed by atoms with Crippen molar-refractivity contribution in [2.45, 2.75) is 25.7 Å². The summed E-state index contributed by atoms with van der Waals surface area (Å²) in [5, 5.41) is 18.8. The maximum atomic E-state index is 13.5. The summed E-state index contributed by atoms with van der Waals surface area (Å²) in [4.78, 5) is 56.5. The fourth-order valence-electron chi connectivity index (χ4n) is 3.89. The third kappa shape index (κ3) is 7.00. The van der Waals surface area contributed by atoms with E-state index in [9.17, 15) is 37.5 Å². The topological polar surface area (TPSA) is 150 Å². The average molecular weight is 582 g/mol. The van der Waals surface area contributed by atoms with Crippen molar-refractivity contribution in [2.75, 3.05) is 12.0 Å². The van der Waals surface area contributed by atoms with Gasteiger partial charge in [-0.3, -0.25) is 9.59 Å². The molecule has 216 valence electrons. The molecule has 4 amide bonds. The summed E-state index contributed by atoms with van der Waals surface area (Å²) in [6.07, 6.45) is -6.64. The number of alkyl halides is 3. The molecule has 0 aliphatic heterocycles. The number of rotatable bonds is 7. The number of benzene rings is 2.